The lowest BCUT2D eigenvalue weighted by molar-refractivity contribution is -0.160. The van der Waals surface area contributed by atoms with Gasteiger partial charge in [-0.1, -0.05) is 25.7 Å². The van der Waals surface area contributed by atoms with E-state index in [0.29, 0.717) is 6.54 Å². The van der Waals surface area contributed by atoms with Gasteiger partial charge in [0.2, 0.25) is 0 Å². The van der Waals surface area contributed by atoms with E-state index < -0.39 is 0 Å². The van der Waals surface area contributed by atoms with Crippen LogP contribution in [0.2, 0.25) is 0 Å². The van der Waals surface area contributed by atoms with E-state index >= 15 is 0 Å². The standard InChI is InChI=1S/C12H23NO2/c1-10(2)15-11(14)12(9-13)7-5-3-4-6-8-12/h10H,3-9,13H2,1-2H3. The van der Waals surface area contributed by atoms with Crippen LogP contribution < -0.4 is 5.73 Å². The molecule has 0 amide bonds. The van der Waals surface area contributed by atoms with Gasteiger partial charge in [-0.05, 0) is 26.7 Å². The third kappa shape index (κ3) is 3.20. The average molecular weight is 213 g/mol. The Morgan fingerprint density at radius 3 is 2.20 bits per heavy atom. The maximum absolute atomic E-state index is 12.0. The van der Waals surface area contributed by atoms with Crippen molar-refractivity contribution in [1.82, 2.24) is 0 Å². The van der Waals surface area contributed by atoms with Crippen LogP contribution in [-0.4, -0.2) is 18.6 Å². The van der Waals surface area contributed by atoms with Crippen LogP contribution in [0, 0.1) is 5.41 Å². The highest BCUT2D eigenvalue weighted by Crippen LogP contribution is 2.35. The summed E-state index contributed by atoms with van der Waals surface area (Å²) < 4.78 is 5.32. The maximum atomic E-state index is 12.0. The van der Waals surface area contributed by atoms with E-state index in [1.165, 1.54) is 12.8 Å². The number of hydrogen-bond donors (Lipinski definition) is 1. The molecule has 0 aromatic heterocycles. The minimum Gasteiger partial charge on any atom is -0.463 e. The monoisotopic (exact) mass is 213 g/mol. The number of nitrogens with two attached hydrogens (primary N) is 1. The first-order valence-electron chi connectivity index (χ1n) is 6.02. The molecule has 0 atom stereocenters. The zero-order chi connectivity index (χ0) is 11.3. The van der Waals surface area contributed by atoms with Crippen molar-refractivity contribution in [2.45, 2.75) is 58.5 Å². The second kappa shape index (κ2) is 5.50. The van der Waals surface area contributed by atoms with Gasteiger partial charge in [0.15, 0.2) is 0 Å². The van der Waals surface area contributed by atoms with Crippen LogP contribution in [0.5, 0.6) is 0 Å². The molecule has 88 valence electrons. The Kier molecular flexibility index (Phi) is 4.58. The van der Waals surface area contributed by atoms with Crippen LogP contribution >= 0.6 is 0 Å². The van der Waals surface area contributed by atoms with Crippen LogP contribution in [-0.2, 0) is 9.53 Å². The molecule has 0 unspecified atom stereocenters. The van der Waals surface area contributed by atoms with Crippen molar-refractivity contribution in [3.05, 3.63) is 0 Å². The van der Waals surface area contributed by atoms with Gasteiger partial charge in [-0.25, -0.2) is 0 Å². The molecule has 15 heavy (non-hydrogen) atoms. The Morgan fingerprint density at radius 2 is 1.80 bits per heavy atom. The Labute approximate surface area is 92.4 Å². The summed E-state index contributed by atoms with van der Waals surface area (Å²) in [4.78, 5) is 12.0. The zero-order valence-corrected chi connectivity index (χ0v) is 9.92. The second-order valence-electron chi connectivity index (χ2n) is 4.85. The van der Waals surface area contributed by atoms with Gasteiger partial charge < -0.3 is 10.5 Å². The Morgan fingerprint density at radius 1 is 1.27 bits per heavy atom. The van der Waals surface area contributed by atoms with Gasteiger partial charge in [-0.3, -0.25) is 4.79 Å². The predicted molar refractivity (Wildman–Crippen MR) is 60.4 cm³/mol. The summed E-state index contributed by atoms with van der Waals surface area (Å²) >= 11 is 0. The van der Waals surface area contributed by atoms with Crippen LogP contribution in [0.4, 0.5) is 0 Å². The number of ether oxygens (including phenoxy) is 1. The van der Waals surface area contributed by atoms with Gasteiger partial charge in [0.05, 0.1) is 11.5 Å². The molecule has 0 saturated heterocycles. The van der Waals surface area contributed by atoms with Crippen molar-refractivity contribution in [1.29, 1.82) is 0 Å². The van der Waals surface area contributed by atoms with Crippen LogP contribution in [0.1, 0.15) is 52.4 Å². The fourth-order valence-electron chi connectivity index (χ4n) is 2.24. The molecule has 0 bridgehead atoms. The van der Waals surface area contributed by atoms with E-state index in [4.69, 9.17) is 10.5 Å². The largest absolute Gasteiger partial charge is 0.463 e. The first-order valence-corrected chi connectivity index (χ1v) is 6.02. The summed E-state index contributed by atoms with van der Waals surface area (Å²) in [5, 5.41) is 0. The molecule has 1 rings (SSSR count). The highest BCUT2D eigenvalue weighted by Gasteiger charge is 2.39. The molecule has 0 aliphatic heterocycles. The van der Waals surface area contributed by atoms with Crippen molar-refractivity contribution < 1.29 is 9.53 Å². The van der Waals surface area contributed by atoms with Crippen molar-refractivity contribution in [3.8, 4) is 0 Å². The minimum atomic E-state index is -0.388. The Bertz CT molecular complexity index is 206. The molecule has 1 aliphatic carbocycles. The number of hydrogen-bond acceptors (Lipinski definition) is 3. The van der Waals surface area contributed by atoms with E-state index in [9.17, 15) is 4.79 Å². The molecule has 0 aromatic carbocycles. The molecule has 3 heteroatoms. The van der Waals surface area contributed by atoms with Gasteiger partial charge in [0.25, 0.3) is 0 Å². The van der Waals surface area contributed by atoms with Gasteiger partial charge in [-0.15, -0.1) is 0 Å². The minimum absolute atomic E-state index is 0.0378. The molecule has 3 nitrogen and oxygen atoms in total. The van der Waals surface area contributed by atoms with Gasteiger partial charge in [0, 0.05) is 6.54 Å². The lowest BCUT2D eigenvalue weighted by Gasteiger charge is -2.29. The lowest BCUT2D eigenvalue weighted by atomic mass is 9.80. The molecule has 2 N–H and O–H groups in total. The fourth-order valence-corrected chi connectivity index (χ4v) is 2.24. The molecule has 1 saturated carbocycles. The Hall–Kier alpha value is -0.570. The number of rotatable bonds is 3. The highest BCUT2D eigenvalue weighted by atomic mass is 16.5. The van der Waals surface area contributed by atoms with Gasteiger partial charge >= 0.3 is 5.97 Å². The highest BCUT2D eigenvalue weighted by molar-refractivity contribution is 5.77. The summed E-state index contributed by atoms with van der Waals surface area (Å²) in [6.07, 6.45) is 6.40. The molecule has 0 aromatic rings. The predicted octanol–water partition coefficient (Wildman–Crippen LogP) is 2.24. The molecule has 0 heterocycles. The summed E-state index contributed by atoms with van der Waals surface area (Å²) in [5.41, 5.74) is 5.40. The zero-order valence-electron chi connectivity index (χ0n) is 9.92. The topological polar surface area (TPSA) is 52.3 Å². The van der Waals surface area contributed by atoms with Gasteiger partial charge in [0.1, 0.15) is 0 Å². The van der Waals surface area contributed by atoms with Crippen LogP contribution in [0.15, 0.2) is 0 Å². The van der Waals surface area contributed by atoms with E-state index in [-0.39, 0.29) is 17.5 Å². The van der Waals surface area contributed by atoms with Gasteiger partial charge in [-0.2, -0.15) is 0 Å². The SMILES string of the molecule is CC(C)OC(=O)C1(CN)CCCCCC1. The molecule has 0 spiro atoms. The first kappa shape index (κ1) is 12.5. The molecule has 0 radical (unpaired) electrons. The van der Waals surface area contributed by atoms with E-state index in [1.807, 2.05) is 13.8 Å². The summed E-state index contributed by atoms with van der Waals surface area (Å²) in [6.45, 7) is 4.20. The molecular weight excluding hydrogens is 190 g/mol. The lowest BCUT2D eigenvalue weighted by Crippen LogP contribution is -2.40. The van der Waals surface area contributed by atoms with E-state index in [0.717, 1.165) is 25.7 Å². The summed E-state index contributed by atoms with van der Waals surface area (Å²) in [5.74, 6) is -0.0816. The van der Waals surface area contributed by atoms with E-state index in [2.05, 4.69) is 0 Å². The quantitative estimate of drug-likeness (QED) is 0.578. The van der Waals surface area contributed by atoms with Crippen molar-refractivity contribution >= 4 is 5.97 Å². The summed E-state index contributed by atoms with van der Waals surface area (Å²) in [7, 11) is 0. The molecular formula is C12H23NO2. The number of carbonyl (C=O) groups excluding carboxylic acids is 1. The normalized spacial score (nSPS) is 21.1. The third-order valence-corrected chi connectivity index (χ3v) is 3.23. The first-order chi connectivity index (χ1) is 7.10. The Balaban J connectivity index is 2.68. The number of esters is 1. The second-order valence-corrected chi connectivity index (χ2v) is 4.85. The van der Waals surface area contributed by atoms with Crippen molar-refractivity contribution in [2.75, 3.05) is 6.54 Å². The maximum Gasteiger partial charge on any atom is 0.313 e. The van der Waals surface area contributed by atoms with Crippen LogP contribution in [0.3, 0.4) is 0 Å². The third-order valence-electron chi connectivity index (χ3n) is 3.23. The molecule has 1 fully saturated rings. The average Bonchev–Trinajstić information content (AvgIpc) is 2.42. The van der Waals surface area contributed by atoms with Crippen molar-refractivity contribution in [2.24, 2.45) is 11.1 Å². The van der Waals surface area contributed by atoms with Crippen molar-refractivity contribution in [3.63, 3.8) is 0 Å². The fraction of sp³-hybridized carbons (Fsp3) is 0.917. The molecule has 1 aliphatic rings. The smallest absolute Gasteiger partial charge is 0.313 e. The summed E-state index contributed by atoms with van der Waals surface area (Å²) in [6, 6.07) is 0. The van der Waals surface area contributed by atoms with Crippen LogP contribution in [0.25, 0.3) is 0 Å². The number of carbonyl (C=O) groups is 1. The van der Waals surface area contributed by atoms with E-state index in [1.54, 1.807) is 0 Å².